The number of hydrogen-bond donors (Lipinski definition) is 2. The Morgan fingerprint density at radius 3 is 2.68 bits per heavy atom. The molecular weight excluding hydrogens is 354 g/mol. The average molecular weight is 377 g/mol. The number of para-hydroxylation sites is 1. The maximum atomic E-state index is 11.9. The summed E-state index contributed by atoms with van der Waals surface area (Å²) in [6.07, 6.45) is 6.44. The second-order valence-corrected chi connectivity index (χ2v) is 7.36. The molecule has 2 N–H and O–H groups in total. The third-order valence-electron chi connectivity index (χ3n) is 5.74. The van der Waals surface area contributed by atoms with Crippen LogP contribution in [0.4, 0.5) is 0 Å². The number of aldehydes is 1. The Morgan fingerprint density at radius 1 is 1.18 bits per heavy atom. The van der Waals surface area contributed by atoms with Gasteiger partial charge in [0.1, 0.15) is 5.75 Å². The van der Waals surface area contributed by atoms with Gasteiger partial charge in [0.2, 0.25) is 0 Å². The summed E-state index contributed by atoms with van der Waals surface area (Å²) in [4.78, 5) is 26.6. The first-order valence-corrected chi connectivity index (χ1v) is 9.65. The summed E-state index contributed by atoms with van der Waals surface area (Å²) >= 11 is 0. The minimum absolute atomic E-state index is 0.0192. The number of H-pyrrole nitrogens is 1. The minimum Gasteiger partial charge on any atom is -0.506 e. The largest absolute Gasteiger partial charge is 0.506 e. The Bertz CT molecular complexity index is 1040. The molecule has 1 saturated carbocycles. The summed E-state index contributed by atoms with van der Waals surface area (Å²) < 4.78 is 4.84. The number of nitrogens with one attached hydrogen (secondary N) is 1. The lowest BCUT2D eigenvalue weighted by Gasteiger charge is -2.23. The van der Waals surface area contributed by atoms with Crippen LogP contribution < -0.4 is 0 Å². The van der Waals surface area contributed by atoms with Crippen molar-refractivity contribution in [3.63, 3.8) is 0 Å². The molecule has 5 nitrogen and oxygen atoms in total. The fourth-order valence-electron chi connectivity index (χ4n) is 4.35. The molecule has 2 aromatic carbocycles. The van der Waals surface area contributed by atoms with Gasteiger partial charge < -0.3 is 14.8 Å². The van der Waals surface area contributed by atoms with Crippen molar-refractivity contribution in [2.45, 2.75) is 38.0 Å². The maximum absolute atomic E-state index is 11.9. The van der Waals surface area contributed by atoms with E-state index in [0.717, 1.165) is 35.0 Å². The van der Waals surface area contributed by atoms with Gasteiger partial charge >= 0.3 is 5.97 Å². The molecule has 3 aromatic rings. The zero-order valence-corrected chi connectivity index (χ0v) is 15.8. The van der Waals surface area contributed by atoms with Gasteiger partial charge in [-0.15, -0.1) is 0 Å². The number of rotatable bonds is 4. The zero-order chi connectivity index (χ0) is 19.7. The number of aromatic amines is 1. The van der Waals surface area contributed by atoms with Gasteiger partial charge in [-0.25, -0.2) is 4.79 Å². The van der Waals surface area contributed by atoms with Crippen LogP contribution in [-0.4, -0.2) is 29.5 Å². The summed E-state index contributed by atoms with van der Waals surface area (Å²) in [7, 11) is 1.36. The fourth-order valence-corrected chi connectivity index (χ4v) is 4.35. The van der Waals surface area contributed by atoms with Crippen molar-refractivity contribution in [2.24, 2.45) is 0 Å². The second-order valence-electron chi connectivity index (χ2n) is 7.36. The molecule has 0 amide bonds. The molecule has 1 aliphatic rings. The van der Waals surface area contributed by atoms with Crippen LogP contribution in [0.15, 0.2) is 36.4 Å². The van der Waals surface area contributed by atoms with E-state index in [2.05, 4.69) is 4.98 Å². The van der Waals surface area contributed by atoms with Crippen molar-refractivity contribution < 1.29 is 19.4 Å². The monoisotopic (exact) mass is 377 g/mol. The average Bonchev–Trinajstić information content (AvgIpc) is 3.12. The van der Waals surface area contributed by atoms with Crippen LogP contribution in [0.2, 0.25) is 0 Å². The SMILES string of the molecule is COC(=O)c1ccc2c(C3CCCCC3)c(-c3cccc(C=O)c3O)[nH]c2c1. The Hall–Kier alpha value is -3.08. The smallest absolute Gasteiger partial charge is 0.337 e. The quantitative estimate of drug-likeness (QED) is 0.484. The fraction of sp³-hybridized carbons (Fsp3) is 0.304. The number of carbonyl (C=O) groups excluding carboxylic acids is 2. The molecule has 5 heteroatoms. The molecule has 1 heterocycles. The van der Waals surface area contributed by atoms with Gasteiger partial charge in [0.25, 0.3) is 0 Å². The number of aromatic hydroxyl groups is 1. The van der Waals surface area contributed by atoms with Gasteiger partial charge in [0, 0.05) is 16.5 Å². The van der Waals surface area contributed by atoms with E-state index in [9.17, 15) is 14.7 Å². The van der Waals surface area contributed by atoms with Gasteiger partial charge in [-0.1, -0.05) is 31.4 Å². The third-order valence-corrected chi connectivity index (χ3v) is 5.74. The second kappa shape index (κ2) is 7.50. The predicted octanol–water partition coefficient (Wildman–Crippen LogP) is 5.19. The highest BCUT2D eigenvalue weighted by atomic mass is 16.5. The molecule has 144 valence electrons. The standard InChI is InChI=1S/C23H23NO4/c1-28-23(27)15-10-11-17-19(12-15)24-21(20(17)14-6-3-2-4-7-14)18-9-5-8-16(13-25)22(18)26/h5,8-14,24,26H,2-4,6-7H2,1H3. The number of benzene rings is 2. The highest BCUT2D eigenvalue weighted by Crippen LogP contribution is 2.44. The molecule has 1 aliphatic carbocycles. The number of carbonyl (C=O) groups is 2. The van der Waals surface area contributed by atoms with E-state index in [4.69, 9.17) is 4.74 Å². The molecule has 1 aromatic heterocycles. The summed E-state index contributed by atoms with van der Waals surface area (Å²) in [6.45, 7) is 0. The third kappa shape index (κ3) is 3.07. The van der Waals surface area contributed by atoms with E-state index in [1.165, 1.54) is 26.4 Å². The molecule has 0 spiro atoms. The van der Waals surface area contributed by atoms with E-state index in [0.29, 0.717) is 23.3 Å². The Balaban J connectivity index is 1.95. The van der Waals surface area contributed by atoms with E-state index in [1.54, 1.807) is 24.3 Å². The first-order chi connectivity index (χ1) is 13.6. The van der Waals surface area contributed by atoms with Crippen LogP contribution in [0.25, 0.3) is 22.2 Å². The number of hydrogen-bond acceptors (Lipinski definition) is 4. The van der Waals surface area contributed by atoms with Crippen LogP contribution in [0.1, 0.15) is 64.3 Å². The minimum atomic E-state index is -0.386. The van der Waals surface area contributed by atoms with Gasteiger partial charge in [-0.05, 0) is 48.6 Å². The lowest BCUT2D eigenvalue weighted by atomic mass is 9.81. The van der Waals surface area contributed by atoms with Crippen LogP contribution in [0.3, 0.4) is 0 Å². The summed E-state index contributed by atoms with van der Waals surface area (Å²) in [6, 6.07) is 10.7. The number of ether oxygens (including phenoxy) is 1. The summed E-state index contributed by atoms with van der Waals surface area (Å²) in [5.74, 6) is -0.0295. The van der Waals surface area contributed by atoms with Crippen molar-refractivity contribution in [2.75, 3.05) is 7.11 Å². The van der Waals surface area contributed by atoms with E-state index < -0.39 is 0 Å². The highest BCUT2D eigenvalue weighted by Gasteiger charge is 2.25. The summed E-state index contributed by atoms with van der Waals surface area (Å²) in [5, 5.41) is 11.7. The first kappa shape index (κ1) is 18.3. The van der Waals surface area contributed by atoms with Crippen molar-refractivity contribution in [1.29, 1.82) is 0 Å². The van der Waals surface area contributed by atoms with Crippen LogP contribution >= 0.6 is 0 Å². The van der Waals surface area contributed by atoms with E-state index in [-0.39, 0.29) is 17.3 Å². The van der Waals surface area contributed by atoms with E-state index in [1.807, 2.05) is 12.1 Å². The Morgan fingerprint density at radius 2 is 1.96 bits per heavy atom. The lowest BCUT2D eigenvalue weighted by molar-refractivity contribution is 0.0600. The summed E-state index contributed by atoms with van der Waals surface area (Å²) in [5.41, 5.74) is 4.16. The lowest BCUT2D eigenvalue weighted by Crippen LogP contribution is -2.05. The molecule has 0 radical (unpaired) electrons. The first-order valence-electron chi connectivity index (χ1n) is 9.65. The maximum Gasteiger partial charge on any atom is 0.337 e. The zero-order valence-electron chi connectivity index (χ0n) is 15.8. The molecule has 0 atom stereocenters. The number of methoxy groups -OCH3 is 1. The van der Waals surface area contributed by atoms with Crippen LogP contribution in [0, 0.1) is 0 Å². The van der Waals surface area contributed by atoms with Crippen molar-refractivity contribution in [1.82, 2.24) is 4.98 Å². The van der Waals surface area contributed by atoms with Crippen LogP contribution in [0.5, 0.6) is 5.75 Å². The van der Waals surface area contributed by atoms with Crippen molar-refractivity contribution in [3.05, 3.63) is 53.1 Å². The Labute approximate surface area is 163 Å². The molecule has 0 bridgehead atoms. The van der Waals surface area contributed by atoms with Crippen molar-refractivity contribution in [3.8, 4) is 17.0 Å². The van der Waals surface area contributed by atoms with Crippen LogP contribution in [-0.2, 0) is 4.74 Å². The molecule has 0 aliphatic heterocycles. The van der Waals surface area contributed by atoms with Gasteiger partial charge in [0.05, 0.1) is 23.9 Å². The van der Waals surface area contributed by atoms with Gasteiger partial charge in [0.15, 0.2) is 6.29 Å². The Kier molecular flexibility index (Phi) is 4.90. The normalized spacial score (nSPS) is 14.9. The molecule has 1 fully saturated rings. The number of fused-ring (bicyclic) bond motifs is 1. The number of phenols is 1. The molecule has 4 rings (SSSR count). The molecular formula is C23H23NO4. The molecule has 0 unspecified atom stereocenters. The van der Waals surface area contributed by atoms with Crippen molar-refractivity contribution >= 4 is 23.2 Å². The van der Waals surface area contributed by atoms with Gasteiger partial charge in [-0.3, -0.25) is 4.79 Å². The predicted molar refractivity (Wildman–Crippen MR) is 108 cm³/mol. The number of aromatic nitrogens is 1. The number of esters is 1. The molecule has 28 heavy (non-hydrogen) atoms. The molecule has 0 saturated heterocycles. The topological polar surface area (TPSA) is 79.4 Å². The highest BCUT2D eigenvalue weighted by molar-refractivity contribution is 5.99. The number of phenolic OH excluding ortho intramolecular Hbond substituents is 1. The van der Waals surface area contributed by atoms with E-state index >= 15 is 0 Å². The van der Waals surface area contributed by atoms with Gasteiger partial charge in [-0.2, -0.15) is 0 Å².